The van der Waals surface area contributed by atoms with E-state index >= 15 is 0 Å². The quantitative estimate of drug-likeness (QED) is 0.845. The number of hydrogen-bond acceptors (Lipinski definition) is 4. The number of likely N-dealkylation sites (N-methyl/N-ethyl adjacent to an activating group) is 1. The molecule has 0 saturated carbocycles. The zero-order chi connectivity index (χ0) is 13.8. The second-order valence-electron chi connectivity index (χ2n) is 5.32. The van der Waals surface area contributed by atoms with Gasteiger partial charge in [0.1, 0.15) is 5.82 Å². The van der Waals surface area contributed by atoms with E-state index in [1.54, 1.807) is 23.3 Å². The van der Waals surface area contributed by atoms with Gasteiger partial charge in [0.25, 0.3) is 0 Å². The van der Waals surface area contributed by atoms with E-state index in [-0.39, 0.29) is 17.4 Å². The topological polar surface area (TPSA) is 35.6 Å². The zero-order valence-electron chi connectivity index (χ0n) is 10.9. The lowest BCUT2D eigenvalue weighted by Crippen LogP contribution is -2.60. The molecule has 2 aliphatic heterocycles. The molecule has 6 heteroatoms. The molecule has 102 valence electrons. The standard InChI is InChI=1S/C13H16BrN3OS/c1-8-15-13(11-4-9(14)6-19-11)7-16(2)5-10(13)12(18)17(8)3/h4,6,10,15H,1,5,7H2,2-3H3/t10-,13-/m0/s1. The Bertz CT molecular complexity index is 558. The fourth-order valence-corrected chi connectivity index (χ4v) is 4.68. The number of likely N-dealkylation sites (tertiary alicyclic amines) is 1. The van der Waals surface area contributed by atoms with Crippen LogP contribution in [0.4, 0.5) is 0 Å². The summed E-state index contributed by atoms with van der Waals surface area (Å²) in [4.78, 5) is 17.6. The number of thiophene rings is 1. The Morgan fingerprint density at radius 1 is 1.58 bits per heavy atom. The molecule has 3 heterocycles. The van der Waals surface area contributed by atoms with Gasteiger partial charge in [-0.3, -0.25) is 4.79 Å². The van der Waals surface area contributed by atoms with E-state index in [0.717, 1.165) is 17.6 Å². The Kier molecular flexibility index (Phi) is 2.99. The second kappa shape index (κ2) is 4.33. The average molecular weight is 342 g/mol. The molecule has 0 aliphatic carbocycles. The minimum absolute atomic E-state index is 0.0569. The van der Waals surface area contributed by atoms with Crippen molar-refractivity contribution in [3.05, 3.63) is 33.2 Å². The van der Waals surface area contributed by atoms with E-state index in [1.807, 2.05) is 0 Å². The van der Waals surface area contributed by atoms with Crippen LogP contribution in [0.15, 0.2) is 28.3 Å². The molecular weight excluding hydrogens is 326 g/mol. The lowest BCUT2D eigenvalue weighted by Gasteiger charge is -2.43. The molecule has 1 aromatic rings. The van der Waals surface area contributed by atoms with E-state index in [1.165, 1.54) is 4.88 Å². The summed E-state index contributed by atoms with van der Waals surface area (Å²) in [5, 5.41) is 5.55. The summed E-state index contributed by atoms with van der Waals surface area (Å²) in [6.45, 7) is 5.58. The number of rotatable bonds is 1. The first kappa shape index (κ1) is 13.1. The molecule has 0 unspecified atom stereocenters. The first-order valence-corrected chi connectivity index (χ1v) is 7.79. The van der Waals surface area contributed by atoms with Gasteiger partial charge >= 0.3 is 0 Å². The molecule has 2 atom stereocenters. The SMILES string of the molecule is C=C1N[C@@]2(c3cc(Br)cs3)CN(C)C[C@H]2C(=O)N1C. The van der Waals surface area contributed by atoms with Crippen LogP contribution in [0, 0.1) is 5.92 Å². The van der Waals surface area contributed by atoms with Crippen LogP contribution in [-0.2, 0) is 10.3 Å². The second-order valence-corrected chi connectivity index (χ2v) is 7.15. The van der Waals surface area contributed by atoms with E-state index in [4.69, 9.17) is 0 Å². The molecule has 2 fully saturated rings. The van der Waals surface area contributed by atoms with Crippen molar-refractivity contribution < 1.29 is 4.79 Å². The minimum atomic E-state index is -0.327. The van der Waals surface area contributed by atoms with E-state index in [9.17, 15) is 4.79 Å². The summed E-state index contributed by atoms with van der Waals surface area (Å²) >= 11 is 5.18. The Labute approximate surface area is 125 Å². The zero-order valence-corrected chi connectivity index (χ0v) is 13.3. The van der Waals surface area contributed by atoms with Crippen molar-refractivity contribution in [3.63, 3.8) is 0 Å². The van der Waals surface area contributed by atoms with Crippen molar-refractivity contribution in [2.75, 3.05) is 27.2 Å². The monoisotopic (exact) mass is 341 g/mol. The molecule has 4 nitrogen and oxygen atoms in total. The van der Waals surface area contributed by atoms with Gasteiger partial charge in [-0.25, -0.2) is 0 Å². The summed E-state index contributed by atoms with van der Waals surface area (Å²) in [5.74, 6) is 0.775. The van der Waals surface area contributed by atoms with Gasteiger partial charge in [0.15, 0.2) is 0 Å². The van der Waals surface area contributed by atoms with Crippen LogP contribution in [0.1, 0.15) is 4.88 Å². The Balaban J connectivity index is 2.10. The normalized spacial score (nSPS) is 31.5. The molecule has 1 amide bonds. The number of nitrogens with zero attached hydrogens (tertiary/aromatic N) is 2. The van der Waals surface area contributed by atoms with Gasteiger partial charge in [0, 0.05) is 34.9 Å². The third-order valence-corrected chi connectivity index (χ3v) is 5.89. The highest BCUT2D eigenvalue weighted by Crippen LogP contribution is 2.44. The van der Waals surface area contributed by atoms with E-state index < -0.39 is 0 Å². The third-order valence-electron chi connectivity index (χ3n) is 4.02. The van der Waals surface area contributed by atoms with Gasteiger partial charge in [-0.05, 0) is 29.0 Å². The molecule has 1 aromatic heterocycles. The highest BCUT2D eigenvalue weighted by atomic mass is 79.9. The average Bonchev–Trinajstić information content (AvgIpc) is 2.91. The lowest BCUT2D eigenvalue weighted by molar-refractivity contribution is -0.137. The summed E-state index contributed by atoms with van der Waals surface area (Å²) in [5.41, 5.74) is -0.327. The van der Waals surface area contributed by atoms with Crippen LogP contribution in [-0.4, -0.2) is 42.9 Å². The Morgan fingerprint density at radius 3 is 2.95 bits per heavy atom. The smallest absolute Gasteiger partial charge is 0.235 e. The molecule has 2 aliphatic rings. The largest absolute Gasteiger partial charge is 0.359 e. The maximum absolute atomic E-state index is 12.5. The van der Waals surface area contributed by atoms with E-state index in [2.05, 4.69) is 51.2 Å². The molecule has 0 bridgehead atoms. The molecule has 1 N–H and O–H groups in total. The number of carbonyl (C=O) groups is 1. The number of hydrogen-bond donors (Lipinski definition) is 1. The molecular formula is C13H16BrN3OS. The number of amides is 1. The van der Waals surface area contributed by atoms with Crippen molar-refractivity contribution in [1.82, 2.24) is 15.1 Å². The van der Waals surface area contributed by atoms with Crippen LogP contribution in [0.5, 0.6) is 0 Å². The summed E-state index contributed by atoms with van der Waals surface area (Å²) < 4.78 is 1.06. The maximum atomic E-state index is 12.5. The molecule has 0 spiro atoms. The number of fused-ring (bicyclic) bond motifs is 1. The fraction of sp³-hybridized carbons (Fsp3) is 0.462. The minimum Gasteiger partial charge on any atom is -0.359 e. The van der Waals surface area contributed by atoms with Crippen molar-refractivity contribution in [3.8, 4) is 0 Å². The van der Waals surface area contributed by atoms with Gasteiger partial charge in [-0.1, -0.05) is 6.58 Å². The van der Waals surface area contributed by atoms with Crippen molar-refractivity contribution in [2.45, 2.75) is 5.54 Å². The molecule has 2 saturated heterocycles. The third kappa shape index (κ3) is 1.85. The fourth-order valence-electron chi connectivity index (χ4n) is 3.05. The first-order chi connectivity index (χ1) is 8.94. The molecule has 3 rings (SSSR count). The summed E-state index contributed by atoms with van der Waals surface area (Å²) in [7, 11) is 3.84. The molecule has 0 aromatic carbocycles. The van der Waals surface area contributed by atoms with Gasteiger partial charge in [-0.2, -0.15) is 0 Å². The number of nitrogens with one attached hydrogen (secondary N) is 1. The van der Waals surface area contributed by atoms with Gasteiger partial charge in [0.2, 0.25) is 5.91 Å². The van der Waals surface area contributed by atoms with Crippen LogP contribution >= 0.6 is 27.3 Å². The number of halogens is 1. The summed E-state index contributed by atoms with van der Waals surface area (Å²) in [6, 6.07) is 2.11. The first-order valence-electron chi connectivity index (χ1n) is 6.12. The van der Waals surface area contributed by atoms with Gasteiger partial charge in [0.05, 0.1) is 11.5 Å². The molecule has 19 heavy (non-hydrogen) atoms. The highest BCUT2D eigenvalue weighted by Gasteiger charge is 2.55. The highest BCUT2D eigenvalue weighted by molar-refractivity contribution is 9.10. The predicted molar refractivity (Wildman–Crippen MR) is 79.7 cm³/mol. The summed E-state index contributed by atoms with van der Waals surface area (Å²) in [6.07, 6.45) is 0. The molecule has 0 radical (unpaired) electrons. The van der Waals surface area contributed by atoms with Crippen molar-refractivity contribution in [2.24, 2.45) is 5.92 Å². The van der Waals surface area contributed by atoms with E-state index in [0.29, 0.717) is 5.82 Å². The van der Waals surface area contributed by atoms with Crippen LogP contribution in [0.2, 0.25) is 0 Å². The Hall–Kier alpha value is -0.850. The van der Waals surface area contributed by atoms with Crippen LogP contribution < -0.4 is 5.32 Å². The van der Waals surface area contributed by atoms with Crippen LogP contribution in [0.3, 0.4) is 0 Å². The predicted octanol–water partition coefficient (Wildman–Crippen LogP) is 1.80. The number of carbonyl (C=O) groups excluding carboxylic acids is 1. The van der Waals surface area contributed by atoms with Crippen molar-refractivity contribution in [1.29, 1.82) is 0 Å². The van der Waals surface area contributed by atoms with Gasteiger partial charge in [-0.15, -0.1) is 11.3 Å². The maximum Gasteiger partial charge on any atom is 0.235 e. The lowest BCUT2D eigenvalue weighted by atomic mass is 9.82. The van der Waals surface area contributed by atoms with Crippen LogP contribution in [0.25, 0.3) is 0 Å². The van der Waals surface area contributed by atoms with Crippen molar-refractivity contribution >= 4 is 33.2 Å². The van der Waals surface area contributed by atoms with Gasteiger partial charge < -0.3 is 15.1 Å². The Morgan fingerprint density at radius 2 is 2.32 bits per heavy atom.